The third kappa shape index (κ3) is 7.82. The zero-order valence-corrected chi connectivity index (χ0v) is 22.4. The lowest BCUT2D eigenvalue weighted by Crippen LogP contribution is -2.36. The van der Waals surface area contributed by atoms with Crippen molar-refractivity contribution < 1.29 is 49.8 Å². The average Bonchev–Trinajstić information content (AvgIpc) is 3.51. The number of ether oxygens (including phenoxy) is 2. The summed E-state index contributed by atoms with van der Waals surface area (Å²) in [6.45, 7) is 6.12. The van der Waals surface area contributed by atoms with Gasteiger partial charge in [0.15, 0.2) is 5.69 Å². The molecule has 226 valence electrons. The first-order valence-electron chi connectivity index (χ1n) is 12.4. The molecular formula is C26H25F6N5O5. The van der Waals surface area contributed by atoms with Crippen molar-refractivity contribution in [2.75, 3.05) is 23.7 Å². The Morgan fingerprint density at radius 2 is 1.76 bits per heavy atom. The largest absolute Gasteiger partial charge is 0.573 e. The molecule has 16 heteroatoms. The minimum atomic E-state index is -5.20. The Hall–Kier alpha value is -4.50. The molecule has 2 amide bonds. The molecule has 0 unspecified atom stereocenters. The van der Waals surface area contributed by atoms with Crippen LogP contribution in [0.25, 0.3) is 11.5 Å². The number of para-hydroxylation sites is 1. The monoisotopic (exact) mass is 601 g/mol. The fourth-order valence-electron chi connectivity index (χ4n) is 3.96. The quantitative estimate of drug-likeness (QED) is 0.315. The third-order valence-corrected chi connectivity index (χ3v) is 5.66. The Kier molecular flexibility index (Phi) is 8.27. The molecule has 0 bridgehead atoms. The van der Waals surface area contributed by atoms with Crippen molar-refractivity contribution in [2.24, 2.45) is 0 Å². The van der Waals surface area contributed by atoms with Crippen LogP contribution < -0.4 is 15.4 Å². The Labute approximate surface area is 235 Å². The van der Waals surface area contributed by atoms with E-state index in [-0.39, 0.29) is 11.7 Å². The van der Waals surface area contributed by atoms with Gasteiger partial charge in [-0.3, -0.25) is 4.79 Å². The molecule has 0 aliphatic carbocycles. The molecular weight excluding hydrogens is 576 g/mol. The summed E-state index contributed by atoms with van der Waals surface area (Å²) in [4.78, 5) is 34.2. The standard InChI is InChI=1S/C26H25F6N5O5/c1-24(2,3)42-23(39)37-11-10-15(13-37)34-18-9-8-14(12-33-18)35-21(38)19-20(25(27,28)29)40-22(36-19)16-6-4-5-7-17(16)41-26(30,31)32/h4-9,12,15H,10-11,13H2,1-3H3,(H,33,34)(H,35,38)/t15-/m0/s1. The number of nitrogens with one attached hydrogen (secondary N) is 2. The van der Waals surface area contributed by atoms with Crippen LogP contribution in [-0.2, 0) is 10.9 Å². The Balaban J connectivity index is 1.46. The summed E-state index contributed by atoms with van der Waals surface area (Å²) in [7, 11) is 0. The molecule has 0 saturated carbocycles. The topological polar surface area (TPSA) is 119 Å². The number of nitrogens with zero attached hydrogens (tertiary/aromatic N) is 3. The van der Waals surface area contributed by atoms with Crippen LogP contribution in [0.4, 0.5) is 42.6 Å². The molecule has 1 aliphatic rings. The van der Waals surface area contributed by atoms with E-state index in [0.29, 0.717) is 25.3 Å². The summed E-state index contributed by atoms with van der Waals surface area (Å²) < 4.78 is 93.3. The number of oxazole rings is 1. The number of benzene rings is 1. The van der Waals surface area contributed by atoms with Gasteiger partial charge in [-0.15, -0.1) is 13.2 Å². The van der Waals surface area contributed by atoms with E-state index in [4.69, 9.17) is 9.15 Å². The van der Waals surface area contributed by atoms with Crippen molar-refractivity contribution in [3.8, 4) is 17.2 Å². The molecule has 1 aromatic carbocycles. The zero-order valence-electron chi connectivity index (χ0n) is 22.4. The second-order valence-corrected chi connectivity index (χ2v) is 10.2. The van der Waals surface area contributed by atoms with Crippen LogP contribution in [0.1, 0.15) is 43.4 Å². The van der Waals surface area contributed by atoms with Gasteiger partial charge in [-0.25, -0.2) is 14.8 Å². The Morgan fingerprint density at radius 3 is 2.38 bits per heavy atom. The van der Waals surface area contributed by atoms with Crippen molar-refractivity contribution in [2.45, 2.75) is 51.4 Å². The van der Waals surface area contributed by atoms with Gasteiger partial charge < -0.3 is 29.4 Å². The minimum absolute atomic E-state index is 0.00540. The van der Waals surface area contributed by atoms with E-state index in [2.05, 4.69) is 25.3 Å². The molecule has 42 heavy (non-hydrogen) atoms. The summed E-state index contributed by atoms with van der Waals surface area (Å²) in [5, 5.41) is 5.35. The number of halogens is 6. The van der Waals surface area contributed by atoms with Crippen molar-refractivity contribution in [3.63, 3.8) is 0 Å². The molecule has 1 saturated heterocycles. The SMILES string of the molecule is CC(C)(C)OC(=O)N1CC[C@H](Nc2ccc(NC(=O)c3nc(-c4ccccc4OC(F)(F)F)oc3C(F)(F)F)cn2)C1. The van der Waals surface area contributed by atoms with Crippen molar-refractivity contribution in [1.82, 2.24) is 14.9 Å². The highest BCUT2D eigenvalue weighted by molar-refractivity contribution is 6.04. The number of hydrogen-bond donors (Lipinski definition) is 2. The fraction of sp³-hybridized carbons (Fsp3) is 0.385. The first-order valence-corrected chi connectivity index (χ1v) is 12.4. The van der Waals surface area contributed by atoms with Crippen LogP contribution >= 0.6 is 0 Å². The smallest absolute Gasteiger partial charge is 0.444 e. The second kappa shape index (κ2) is 11.4. The summed E-state index contributed by atoms with van der Waals surface area (Å²) >= 11 is 0. The maximum Gasteiger partial charge on any atom is 0.573 e. The fourth-order valence-corrected chi connectivity index (χ4v) is 3.96. The number of rotatable bonds is 6. The van der Waals surface area contributed by atoms with Gasteiger partial charge in [0.05, 0.1) is 17.4 Å². The molecule has 4 rings (SSSR count). The lowest BCUT2D eigenvalue weighted by molar-refractivity contribution is -0.274. The second-order valence-electron chi connectivity index (χ2n) is 10.2. The number of carbonyl (C=O) groups is 2. The van der Waals surface area contributed by atoms with E-state index in [1.165, 1.54) is 30.5 Å². The lowest BCUT2D eigenvalue weighted by Gasteiger charge is -2.24. The number of anilines is 2. The normalized spacial score (nSPS) is 15.8. The van der Waals surface area contributed by atoms with E-state index in [0.717, 1.165) is 12.1 Å². The summed E-state index contributed by atoms with van der Waals surface area (Å²) in [6.07, 6.45) is -8.98. The van der Waals surface area contributed by atoms with Crippen LogP contribution in [0, 0.1) is 0 Å². The van der Waals surface area contributed by atoms with Crippen LogP contribution in [-0.4, -0.2) is 58.0 Å². The number of pyridine rings is 1. The van der Waals surface area contributed by atoms with E-state index < -0.39 is 58.8 Å². The van der Waals surface area contributed by atoms with Crippen molar-refractivity contribution >= 4 is 23.5 Å². The number of amides is 2. The molecule has 2 N–H and O–H groups in total. The number of likely N-dealkylation sites (tertiary alicyclic amines) is 1. The van der Waals surface area contributed by atoms with Gasteiger partial charge in [-0.05, 0) is 51.5 Å². The predicted octanol–water partition coefficient (Wildman–Crippen LogP) is 6.33. The van der Waals surface area contributed by atoms with Crippen molar-refractivity contribution in [3.05, 3.63) is 54.0 Å². The van der Waals surface area contributed by atoms with Gasteiger partial charge in [-0.1, -0.05) is 12.1 Å². The van der Waals surface area contributed by atoms with E-state index >= 15 is 0 Å². The summed E-state index contributed by atoms with van der Waals surface area (Å²) in [6, 6.07) is 6.96. The van der Waals surface area contributed by atoms with Crippen LogP contribution in [0.15, 0.2) is 47.0 Å². The summed E-state index contributed by atoms with van der Waals surface area (Å²) in [5.41, 5.74) is -2.38. The lowest BCUT2D eigenvalue weighted by atomic mass is 10.2. The van der Waals surface area contributed by atoms with Crippen molar-refractivity contribution in [1.29, 1.82) is 0 Å². The van der Waals surface area contributed by atoms with Crippen LogP contribution in [0.2, 0.25) is 0 Å². The average molecular weight is 602 g/mol. The maximum absolute atomic E-state index is 13.7. The third-order valence-electron chi connectivity index (χ3n) is 5.66. The van der Waals surface area contributed by atoms with E-state index in [1.807, 2.05) is 0 Å². The molecule has 10 nitrogen and oxygen atoms in total. The van der Waals surface area contributed by atoms with E-state index in [9.17, 15) is 35.9 Å². The molecule has 1 aliphatic heterocycles. The molecule has 2 aromatic heterocycles. The zero-order chi connectivity index (χ0) is 30.9. The Morgan fingerprint density at radius 1 is 1.05 bits per heavy atom. The van der Waals surface area contributed by atoms with Gasteiger partial charge in [0.2, 0.25) is 11.7 Å². The van der Waals surface area contributed by atoms with E-state index in [1.54, 1.807) is 25.7 Å². The summed E-state index contributed by atoms with van der Waals surface area (Å²) in [5.74, 6) is -4.53. The number of hydrogen-bond acceptors (Lipinski definition) is 8. The predicted molar refractivity (Wildman–Crippen MR) is 136 cm³/mol. The van der Waals surface area contributed by atoms with Crippen LogP contribution in [0.3, 0.4) is 0 Å². The number of alkyl halides is 6. The van der Waals surface area contributed by atoms with Gasteiger partial charge >= 0.3 is 18.6 Å². The highest BCUT2D eigenvalue weighted by Gasteiger charge is 2.42. The van der Waals surface area contributed by atoms with Gasteiger partial charge in [0.1, 0.15) is 17.2 Å². The molecule has 1 fully saturated rings. The number of carbonyl (C=O) groups excluding carboxylic acids is 2. The maximum atomic E-state index is 13.7. The van der Waals surface area contributed by atoms with Gasteiger partial charge in [0, 0.05) is 19.1 Å². The Bertz CT molecular complexity index is 1430. The first kappa shape index (κ1) is 30.5. The van der Waals surface area contributed by atoms with Gasteiger partial charge in [0.25, 0.3) is 5.91 Å². The van der Waals surface area contributed by atoms with Crippen LogP contribution in [0.5, 0.6) is 5.75 Å². The molecule has 0 spiro atoms. The minimum Gasteiger partial charge on any atom is -0.444 e. The molecule has 1 atom stereocenters. The molecule has 3 aromatic rings. The highest BCUT2D eigenvalue weighted by Crippen LogP contribution is 2.39. The molecule has 0 radical (unpaired) electrons. The first-order chi connectivity index (χ1) is 19.5. The van der Waals surface area contributed by atoms with Gasteiger partial charge in [-0.2, -0.15) is 13.2 Å². The number of aromatic nitrogens is 2. The molecule has 3 heterocycles. The highest BCUT2D eigenvalue weighted by atomic mass is 19.4.